The molecule has 0 radical (unpaired) electrons. The molecule has 0 atom stereocenters. The van der Waals surface area contributed by atoms with Gasteiger partial charge in [-0.3, -0.25) is 14.2 Å². The van der Waals surface area contributed by atoms with Crippen LogP contribution in [0.5, 0.6) is 0 Å². The molecule has 0 aliphatic carbocycles. The SMILES string of the molecule is CCCCOC(=O)c1ccc(NC(=O)c2cc3cccnc3n(CC)c2=O)cc1. The number of aromatic nitrogens is 2. The Morgan fingerprint density at radius 2 is 1.90 bits per heavy atom. The van der Waals surface area contributed by atoms with Crippen LogP contribution in [0.3, 0.4) is 0 Å². The quantitative estimate of drug-likeness (QED) is 0.489. The second-order valence-electron chi connectivity index (χ2n) is 6.54. The Bertz CT molecular complexity index is 1090. The third kappa shape index (κ3) is 4.51. The number of aryl methyl sites for hydroxylation is 1. The third-order valence-electron chi connectivity index (χ3n) is 4.52. The van der Waals surface area contributed by atoms with Crippen LogP contribution in [0.25, 0.3) is 11.0 Å². The molecule has 3 rings (SSSR count). The fraction of sp³-hybridized carbons (Fsp3) is 0.273. The Balaban J connectivity index is 1.79. The molecule has 7 nitrogen and oxygen atoms in total. The Morgan fingerprint density at radius 3 is 2.59 bits per heavy atom. The van der Waals surface area contributed by atoms with Gasteiger partial charge in [-0.25, -0.2) is 9.78 Å². The smallest absolute Gasteiger partial charge is 0.338 e. The van der Waals surface area contributed by atoms with E-state index in [0.717, 1.165) is 12.8 Å². The predicted octanol–water partition coefficient (Wildman–Crippen LogP) is 3.63. The summed E-state index contributed by atoms with van der Waals surface area (Å²) in [6.07, 6.45) is 3.38. The van der Waals surface area contributed by atoms with Crippen LogP contribution < -0.4 is 10.9 Å². The first kappa shape index (κ1) is 20.3. The highest BCUT2D eigenvalue weighted by Gasteiger charge is 2.16. The number of anilines is 1. The van der Waals surface area contributed by atoms with Crippen LogP contribution in [-0.2, 0) is 11.3 Å². The van der Waals surface area contributed by atoms with E-state index in [1.165, 1.54) is 4.57 Å². The molecule has 0 aliphatic rings. The summed E-state index contributed by atoms with van der Waals surface area (Å²) < 4.78 is 6.64. The molecule has 150 valence electrons. The lowest BCUT2D eigenvalue weighted by Crippen LogP contribution is -2.29. The van der Waals surface area contributed by atoms with Crippen molar-refractivity contribution in [2.45, 2.75) is 33.2 Å². The summed E-state index contributed by atoms with van der Waals surface area (Å²) >= 11 is 0. The number of amides is 1. The lowest BCUT2D eigenvalue weighted by molar-refractivity contribution is 0.0499. The summed E-state index contributed by atoms with van der Waals surface area (Å²) in [4.78, 5) is 41.6. The lowest BCUT2D eigenvalue weighted by atomic mass is 10.1. The number of esters is 1. The summed E-state index contributed by atoms with van der Waals surface area (Å²) in [6, 6.07) is 11.5. The average molecular weight is 393 g/mol. The maximum absolute atomic E-state index is 12.7. The van der Waals surface area contributed by atoms with Crippen molar-refractivity contribution in [3.63, 3.8) is 0 Å². The first-order chi connectivity index (χ1) is 14.0. The highest BCUT2D eigenvalue weighted by Crippen LogP contribution is 2.14. The molecule has 29 heavy (non-hydrogen) atoms. The van der Waals surface area contributed by atoms with Gasteiger partial charge in [-0.05, 0) is 55.8 Å². The largest absolute Gasteiger partial charge is 0.462 e. The summed E-state index contributed by atoms with van der Waals surface area (Å²) in [5.74, 6) is -0.912. The van der Waals surface area contributed by atoms with Crippen LogP contribution in [0.2, 0.25) is 0 Å². The normalized spacial score (nSPS) is 10.7. The summed E-state index contributed by atoms with van der Waals surface area (Å²) in [5.41, 5.74) is 1.07. The molecule has 1 amide bonds. The minimum atomic E-state index is -0.513. The number of hydrogen-bond acceptors (Lipinski definition) is 5. The maximum atomic E-state index is 12.7. The highest BCUT2D eigenvalue weighted by atomic mass is 16.5. The average Bonchev–Trinajstić information content (AvgIpc) is 2.74. The standard InChI is InChI=1S/C22H23N3O4/c1-3-5-13-29-22(28)15-8-10-17(11-9-15)24-20(26)18-14-16-7-6-12-23-19(16)25(4-2)21(18)27/h6-12,14H,3-5,13H2,1-2H3,(H,24,26). The molecule has 1 aromatic carbocycles. The predicted molar refractivity (Wildman–Crippen MR) is 111 cm³/mol. The second kappa shape index (κ2) is 9.14. The molecule has 2 heterocycles. The van der Waals surface area contributed by atoms with Crippen molar-refractivity contribution in [2.24, 2.45) is 0 Å². The number of carbonyl (C=O) groups excluding carboxylic acids is 2. The van der Waals surface area contributed by atoms with Crippen LogP contribution in [0.4, 0.5) is 5.69 Å². The van der Waals surface area contributed by atoms with Gasteiger partial charge in [0, 0.05) is 23.8 Å². The van der Waals surface area contributed by atoms with Crippen LogP contribution >= 0.6 is 0 Å². The van der Waals surface area contributed by atoms with E-state index >= 15 is 0 Å². The molecule has 0 saturated heterocycles. The molecular weight excluding hydrogens is 370 g/mol. The monoisotopic (exact) mass is 393 g/mol. The Morgan fingerprint density at radius 1 is 1.14 bits per heavy atom. The number of unbranched alkanes of at least 4 members (excludes halogenated alkanes) is 1. The fourth-order valence-corrected chi connectivity index (χ4v) is 2.94. The van der Waals surface area contributed by atoms with Gasteiger partial charge in [-0.1, -0.05) is 13.3 Å². The summed E-state index contributed by atoms with van der Waals surface area (Å²) in [6.45, 7) is 4.64. The van der Waals surface area contributed by atoms with Gasteiger partial charge in [0.2, 0.25) is 0 Å². The summed E-state index contributed by atoms with van der Waals surface area (Å²) in [7, 11) is 0. The van der Waals surface area contributed by atoms with Gasteiger partial charge in [0.25, 0.3) is 11.5 Å². The van der Waals surface area contributed by atoms with Gasteiger partial charge in [0.05, 0.1) is 12.2 Å². The maximum Gasteiger partial charge on any atom is 0.338 e. The van der Waals surface area contributed by atoms with Crippen LogP contribution in [0, 0.1) is 0 Å². The molecule has 7 heteroatoms. The number of fused-ring (bicyclic) bond motifs is 1. The molecule has 2 aromatic heterocycles. The zero-order valence-corrected chi connectivity index (χ0v) is 16.5. The number of nitrogens with zero attached hydrogens (tertiary/aromatic N) is 2. The minimum Gasteiger partial charge on any atom is -0.462 e. The molecule has 0 saturated carbocycles. The number of nitrogens with one attached hydrogen (secondary N) is 1. The first-order valence-corrected chi connectivity index (χ1v) is 9.62. The molecule has 0 spiro atoms. The fourth-order valence-electron chi connectivity index (χ4n) is 2.94. The van der Waals surface area contributed by atoms with Gasteiger partial charge < -0.3 is 10.1 Å². The van der Waals surface area contributed by atoms with Crippen molar-refractivity contribution < 1.29 is 14.3 Å². The molecule has 0 bridgehead atoms. The van der Waals surface area contributed by atoms with Gasteiger partial charge in [0.1, 0.15) is 11.2 Å². The van der Waals surface area contributed by atoms with Crippen molar-refractivity contribution in [2.75, 3.05) is 11.9 Å². The van der Waals surface area contributed by atoms with Gasteiger partial charge in [-0.15, -0.1) is 0 Å². The van der Waals surface area contributed by atoms with Crippen molar-refractivity contribution >= 4 is 28.6 Å². The Kier molecular flexibility index (Phi) is 6.39. The van der Waals surface area contributed by atoms with Crippen LogP contribution in [0.1, 0.15) is 47.4 Å². The number of pyridine rings is 2. The van der Waals surface area contributed by atoms with Crippen molar-refractivity contribution in [3.05, 3.63) is 70.1 Å². The van der Waals surface area contributed by atoms with E-state index in [-0.39, 0.29) is 5.56 Å². The topological polar surface area (TPSA) is 90.3 Å². The molecular formula is C22H23N3O4. The van der Waals surface area contributed by atoms with E-state index in [9.17, 15) is 14.4 Å². The van der Waals surface area contributed by atoms with E-state index in [1.807, 2.05) is 19.9 Å². The van der Waals surface area contributed by atoms with Gasteiger partial charge in [0.15, 0.2) is 0 Å². The number of carbonyl (C=O) groups is 2. The number of benzene rings is 1. The van der Waals surface area contributed by atoms with E-state index < -0.39 is 17.4 Å². The lowest BCUT2D eigenvalue weighted by Gasteiger charge is -2.11. The van der Waals surface area contributed by atoms with Crippen molar-refractivity contribution in [1.29, 1.82) is 0 Å². The number of rotatable bonds is 7. The van der Waals surface area contributed by atoms with E-state index in [1.54, 1.807) is 42.6 Å². The van der Waals surface area contributed by atoms with Crippen molar-refractivity contribution in [1.82, 2.24) is 9.55 Å². The Labute approximate surface area is 168 Å². The van der Waals surface area contributed by atoms with E-state index in [4.69, 9.17) is 4.74 Å². The molecule has 0 unspecified atom stereocenters. The van der Waals surface area contributed by atoms with Gasteiger partial charge >= 0.3 is 5.97 Å². The van der Waals surface area contributed by atoms with Crippen LogP contribution in [-0.4, -0.2) is 28.0 Å². The zero-order valence-electron chi connectivity index (χ0n) is 16.5. The molecule has 3 aromatic rings. The Hall–Kier alpha value is -3.48. The number of hydrogen-bond donors (Lipinski definition) is 1. The number of ether oxygens (including phenoxy) is 1. The highest BCUT2D eigenvalue weighted by molar-refractivity contribution is 6.05. The zero-order chi connectivity index (χ0) is 20.8. The van der Waals surface area contributed by atoms with E-state index in [2.05, 4.69) is 10.3 Å². The van der Waals surface area contributed by atoms with Gasteiger partial charge in [-0.2, -0.15) is 0 Å². The summed E-state index contributed by atoms with van der Waals surface area (Å²) in [5, 5.41) is 3.42. The van der Waals surface area contributed by atoms with E-state index in [0.29, 0.717) is 35.4 Å². The van der Waals surface area contributed by atoms with Crippen molar-refractivity contribution in [3.8, 4) is 0 Å². The second-order valence-corrected chi connectivity index (χ2v) is 6.54. The third-order valence-corrected chi connectivity index (χ3v) is 4.52. The molecule has 0 aliphatic heterocycles. The molecule has 1 N–H and O–H groups in total. The minimum absolute atomic E-state index is 0.0374. The van der Waals surface area contributed by atoms with Crippen LogP contribution in [0.15, 0.2) is 53.5 Å². The molecule has 0 fully saturated rings. The first-order valence-electron chi connectivity index (χ1n) is 9.62.